The summed E-state index contributed by atoms with van der Waals surface area (Å²) in [5, 5.41) is 8.25. The number of nitrogens with one attached hydrogen (secondary N) is 2. The van der Waals surface area contributed by atoms with Crippen molar-refractivity contribution in [1.29, 1.82) is 0 Å². The van der Waals surface area contributed by atoms with E-state index in [0.717, 1.165) is 24.1 Å². The molecule has 3 aliphatic carbocycles. The number of amides is 2. The highest BCUT2D eigenvalue weighted by atomic mass is 32.1. The second-order valence-electron chi connectivity index (χ2n) is 8.19. The van der Waals surface area contributed by atoms with Gasteiger partial charge in [0.1, 0.15) is 11.5 Å². The molecule has 0 radical (unpaired) electrons. The largest absolute Gasteiger partial charge is 0.497 e. The predicted molar refractivity (Wildman–Crippen MR) is 109 cm³/mol. The molecule has 2 aromatic rings. The van der Waals surface area contributed by atoms with Crippen LogP contribution in [0.15, 0.2) is 35.7 Å². The van der Waals surface area contributed by atoms with E-state index in [4.69, 9.17) is 9.47 Å². The molecule has 1 aromatic heterocycles. The molecule has 3 saturated carbocycles. The summed E-state index contributed by atoms with van der Waals surface area (Å²) in [6.07, 6.45) is 3.35. The van der Waals surface area contributed by atoms with Crippen LogP contribution in [0.5, 0.6) is 11.5 Å². The summed E-state index contributed by atoms with van der Waals surface area (Å²) in [5.74, 6) is 1.54. The molecule has 4 aliphatic rings. The van der Waals surface area contributed by atoms with Crippen molar-refractivity contribution >= 4 is 23.2 Å². The quantitative estimate of drug-likeness (QED) is 0.808. The van der Waals surface area contributed by atoms with E-state index in [9.17, 15) is 9.59 Å². The average Bonchev–Trinajstić information content (AvgIpc) is 3.25. The summed E-state index contributed by atoms with van der Waals surface area (Å²) >= 11 is 1.65. The fourth-order valence-electron chi connectivity index (χ4n) is 5.16. The minimum absolute atomic E-state index is 0.0217. The summed E-state index contributed by atoms with van der Waals surface area (Å²) in [6.45, 7) is 0.579. The summed E-state index contributed by atoms with van der Waals surface area (Å²) in [5.41, 5.74) is -0.188. The monoisotopic (exact) mass is 412 g/mol. The second-order valence-corrected chi connectivity index (χ2v) is 9.22. The zero-order valence-electron chi connectivity index (χ0n) is 16.3. The van der Waals surface area contributed by atoms with Gasteiger partial charge in [0.25, 0.3) is 5.91 Å². The van der Waals surface area contributed by atoms with Gasteiger partial charge in [-0.3, -0.25) is 9.59 Å². The van der Waals surface area contributed by atoms with Crippen LogP contribution in [0.2, 0.25) is 0 Å². The molecule has 29 heavy (non-hydrogen) atoms. The lowest BCUT2D eigenvalue weighted by Crippen LogP contribution is -2.66. The van der Waals surface area contributed by atoms with Gasteiger partial charge in [-0.05, 0) is 48.8 Å². The van der Waals surface area contributed by atoms with E-state index in [0.29, 0.717) is 30.0 Å². The first-order valence-electron chi connectivity index (χ1n) is 10.1. The fourth-order valence-corrected chi connectivity index (χ4v) is 5.80. The number of rotatable bonds is 4. The normalized spacial score (nSPS) is 29.7. The molecule has 2 bridgehead atoms. The van der Waals surface area contributed by atoms with Gasteiger partial charge in [0.05, 0.1) is 19.2 Å². The molecule has 6 rings (SSSR count). The van der Waals surface area contributed by atoms with Crippen molar-refractivity contribution in [3.63, 3.8) is 0 Å². The van der Waals surface area contributed by atoms with Gasteiger partial charge in [0, 0.05) is 29.2 Å². The molecule has 2 heterocycles. The van der Waals surface area contributed by atoms with Crippen molar-refractivity contribution in [3.05, 3.63) is 46.2 Å². The SMILES string of the molecule is COc1ccc2c(c1)O[C@@]1(C[C@H]3CC[C@H]1C[C@@H]3C(=O)NCc1cccs1)NC2=O. The Morgan fingerprint density at radius 1 is 1.38 bits per heavy atom. The topological polar surface area (TPSA) is 76.7 Å². The van der Waals surface area contributed by atoms with Crippen LogP contribution in [-0.4, -0.2) is 24.6 Å². The third-order valence-corrected chi connectivity index (χ3v) is 7.50. The van der Waals surface area contributed by atoms with E-state index < -0.39 is 5.72 Å². The maximum Gasteiger partial charge on any atom is 0.258 e. The maximum absolute atomic E-state index is 12.8. The van der Waals surface area contributed by atoms with Crippen LogP contribution in [-0.2, 0) is 11.3 Å². The molecular weight excluding hydrogens is 388 g/mol. The van der Waals surface area contributed by atoms with Crippen LogP contribution in [0, 0.1) is 17.8 Å². The highest BCUT2D eigenvalue weighted by Gasteiger charge is 2.57. The third kappa shape index (κ3) is 3.17. The molecule has 1 aromatic carbocycles. The van der Waals surface area contributed by atoms with Crippen molar-refractivity contribution in [2.75, 3.05) is 7.11 Å². The predicted octanol–water partition coefficient (Wildman–Crippen LogP) is 3.33. The van der Waals surface area contributed by atoms with Gasteiger partial charge in [0.2, 0.25) is 5.91 Å². The Morgan fingerprint density at radius 2 is 2.28 bits per heavy atom. The number of methoxy groups -OCH3 is 1. The molecule has 6 nitrogen and oxygen atoms in total. The number of hydrogen-bond donors (Lipinski definition) is 2. The standard InChI is InChI=1S/C22H24N2O4S/c1-27-15-6-7-17-19(10-15)28-22(24-21(17)26)11-13-4-5-14(22)9-18(13)20(25)23-12-16-3-2-8-29-16/h2-3,6-8,10,13-14,18H,4-5,9,11-12H2,1H3,(H,23,25)(H,24,26)/t13-,14+,18+,22-/m1/s1. The Balaban J connectivity index is 1.33. The smallest absolute Gasteiger partial charge is 0.258 e. The van der Waals surface area contributed by atoms with Crippen LogP contribution >= 0.6 is 11.3 Å². The molecular formula is C22H24N2O4S. The number of carbonyl (C=O) groups excluding carboxylic acids is 2. The van der Waals surface area contributed by atoms with Crippen LogP contribution in [0.4, 0.5) is 0 Å². The van der Waals surface area contributed by atoms with Gasteiger partial charge in [0.15, 0.2) is 5.72 Å². The first-order chi connectivity index (χ1) is 14.1. The lowest BCUT2D eigenvalue weighted by molar-refractivity contribution is -0.146. The van der Waals surface area contributed by atoms with E-state index in [1.807, 2.05) is 17.5 Å². The molecule has 0 unspecified atom stereocenters. The van der Waals surface area contributed by atoms with Crippen molar-refractivity contribution in [2.24, 2.45) is 17.8 Å². The van der Waals surface area contributed by atoms with Crippen molar-refractivity contribution in [1.82, 2.24) is 10.6 Å². The number of benzene rings is 1. The Labute approximate surface area is 173 Å². The molecule has 2 amide bonds. The fraction of sp³-hybridized carbons (Fsp3) is 0.455. The third-order valence-electron chi connectivity index (χ3n) is 6.62. The van der Waals surface area contributed by atoms with Crippen LogP contribution in [0.3, 0.4) is 0 Å². The molecule has 2 N–H and O–H groups in total. The molecule has 4 atom stereocenters. The number of fused-ring (bicyclic) bond motifs is 3. The first-order valence-corrected chi connectivity index (χ1v) is 11.0. The first kappa shape index (κ1) is 18.5. The summed E-state index contributed by atoms with van der Waals surface area (Å²) in [6, 6.07) is 9.31. The lowest BCUT2D eigenvalue weighted by atomic mass is 9.60. The van der Waals surface area contributed by atoms with E-state index in [1.165, 1.54) is 0 Å². The highest BCUT2D eigenvalue weighted by molar-refractivity contribution is 7.09. The highest BCUT2D eigenvalue weighted by Crippen LogP contribution is 2.52. The number of thiophene rings is 1. The van der Waals surface area contributed by atoms with Gasteiger partial charge < -0.3 is 20.1 Å². The average molecular weight is 413 g/mol. The zero-order chi connectivity index (χ0) is 20.0. The Morgan fingerprint density at radius 3 is 3.00 bits per heavy atom. The second kappa shape index (κ2) is 7.06. The molecule has 1 aliphatic heterocycles. The van der Waals surface area contributed by atoms with E-state index in [2.05, 4.69) is 10.6 Å². The number of ether oxygens (including phenoxy) is 2. The number of carbonyl (C=O) groups is 2. The van der Waals surface area contributed by atoms with Crippen LogP contribution < -0.4 is 20.1 Å². The minimum Gasteiger partial charge on any atom is -0.497 e. The Bertz CT molecular complexity index is 944. The molecule has 1 spiro atoms. The van der Waals surface area contributed by atoms with Crippen molar-refractivity contribution in [2.45, 2.75) is 38.0 Å². The van der Waals surface area contributed by atoms with E-state index in [-0.39, 0.29) is 29.6 Å². The minimum atomic E-state index is -0.718. The van der Waals surface area contributed by atoms with Crippen LogP contribution in [0.1, 0.15) is 40.9 Å². The molecule has 152 valence electrons. The molecule has 7 heteroatoms. The lowest BCUT2D eigenvalue weighted by Gasteiger charge is -2.55. The summed E-state index contributed by atoms with van der Waals surface area (Å²) < 4.78 is 11.7. The summed E-state index contributed by atoms with van der Waals surface area (Å²) in [7, 11) is 1.60. The Kier molecular flexibility index (Phi) is 4.50. The number of hydrogen-bond acceptors (Lipinski definition) is 5. The van der Waals surface area contributed by atoms with Gasteiger partial charge in [-0.1, -0.05) is 6.07 Å². The van der Waals surface area contributed by atoms with Crippen molar-refractivity contribution < 1.29 is 19.1 Å². The van der Waals surface area contributed by atoms with Gasteiger partial charge in [-0.25, -0.2) is 0 Å². The maximum atomic E-state index is 12.8. The Hall–Kier alpha value is -2.54. The van der Waals surface area contributed by atoms with E-state index in [1.54, 1.807) is 36.6 Å². The van der Waals surface area contributed by atoms with Gasteiger partial charge >= 0.3 is 0 Å². The van der Waals surface area contributed by atoms with E-state index >= 15 is 0 Å². The summed E-state index contributed by atoms with van der Waals surface area (Å²) in [4.78, 5) is 26.8. The van der Waals surface area contributed by atoms with Crippen LogP contribution in [0.25, 0.3) is 0 Å². The molecule has 0 saturated heterocycles. The molecule has 3 fully saturated rings. The van der Waals surface area contributed by atoms with Crippen molar-refractivity contribution in [3.8, 4) is 11.5 Å². The van der Waals surface area contributed by atoms with Gasteiger partial charge in [-0.2, -0.15) is 0 Å². The zero-order valence-corrected chi connectivity index (χ0v) is 17.1. The van der Waals surface area contributed by atoms with Gasteiger partial charge in [-0.15, -0.1) is 11.3 Å².